The van der Waals surface area contributed by atoms with Crippen molar-refractivity contribution in [2.45, 2.75) is 11.4 Å². The summed E-state index contributed by atoms with van der Waals surface area (Å²) in [7, 11) is 0. The zero-order chi connectivity index (χ0) is 11.4. The van der Waals surface area contributed by atoms with Gasteiger partial charge in [0, 0.05) is 11.8 Å². The van der Waals surface area contributed by atoms with E-state index in [0.717, 1.165) is 18.4 Å². The predicted octanol–water partition coefficient (Wildman–Crippen LogP) is 2.57. The number of rotatable bonds is 4. The van der Waals surface area contributed by atoms with Crippen LogP contribution in [0, 0.1) is 0 Å². The van der Waals surface area contributed by atoms with Crippen LogP contribution >= 0.6 is 15.9 Å². The van der Waals surface area contributed by atoms with E-state index in [1.165, 1.54) is 5.56 Å². The van der Waals surface area contributed by atoms with Gasteiger partial charge in [-0.25, -0.2) is 0 Å². The summed E-state index contributed by atoms with van der Waals surface area (Å²) in [4.78, 5) is 10.3. The van der Waals surface area contributed by atoms with Crippen molar-refractivity contribution in [3.8, 4) is 0 Å². The van der Waals surface area contributed by atoms with Crippen molar-refractivity contribution in [2.75, 3.05) is 0 Å². The molecular weight excluding hydrogens is 268 g/mol. The second-order valence-corrected chi connectivity index (χ2v) is 4.48. The Bertz CT molecular complexity index is 467. The van der Waals surface area contributed by atoms with Crippen LogP contribution in [0.1, 0.15) is 16.0 Å². The number of benzene rings is 1. The van der Waals surface area contributed by atoms with Crippen molar-refractivity contribution >= 4 is 22.2 Å². The van der Waals surface area contributed by atoms with Crippen LogP contribution < -0.4 is 0 Å². The number of carbonyl (C=O) groups excluding carboxylic acids is 1. The van der Waals surface area contributed by atoms with Crippen LogP contribution in [-0.2, 0) is 11.3 Å². The zero-order valence-electron chi connectivity index (χ0n) is 8.58. The summed E-state index contributed by atoms with van der Waals surface area (Å²) in [6, 6.07) is 10.1. The zero-order valence-corrected chi connectivity index (χ0v) is 10.2. The fraction of sp³-hybridized carbons (Fsp3) is 0.167. The van der Waals surface area contributed by atoms with E-state index in [1.807, 2.05) is 41.2 Å². The molecule has 82 valence electrons. The Morgan fingerprint density at radius 2 is 2.12 bits per heavy atom. The standard InChI is InChI=1S/C12H11BrN2O/c13-12(9-16)11-6-14-15(8-11)7-10-4-2-1-3-5-10/h1-6,8-9,12H,7H2. The summed E-state index contributed by atoms with van der Waals surface area (Å²) < 4.78 is 1.82. The molecule has 2 aromatic rings. The molecule has 0 saturated carbocycles. The minimum absolute atomic E-state index is 0.267. The molecule has 0 spiro atoms. The molecule has 1 heterocycles. The summed E-state index contributed by atoms with van der Waals surface area (Å²) in [6.07, 6.45) is 4.43. The van der Waals surface area contributed by atoms with E-state index < -0.39 is 0 Å². The molecule has 0 saturated heterocycles. The van der Waals surface area contributed by atoms with E-state index in [-0.39, 0.29) is 4.83 Å². The molecule has 1 atom stereocenters. The predicted molar refractivity (Wildman–Crippen MR) is 65.5 cm³/mol. The van der Waals surface area contributed by atoms with Crippen LogP contribution in [0.25, 0.3) is 0 Å². The Balaban J connectivity index is 2.11. The Morgan fingerprint density at radius 3 is 2.81 bits per heavy atom. The molecule has 0 aliphatic rings. The Kier molecular flexibility index (Phi) is 3.51. The highest BCUT2D eigenvalue weighted by molar-refractivity contribution is 9.09. The lowest BCUT2D eigenvalue weighted by Gasteiger charge is -2.01. The van der Waals surface area contributed by atoms with Crippen molar-refractivity contribution < 1.29 is 4.79 Å². The second kappa shape index (κ2) is 5.07. The van der Waals surface area contributed by atoms with Gasteiger partial charge in [-0.2, -0.15) is 5.10 Å². The molecule has 2 rings (SSSR count). The second-order valence-electron chi connectivity index (χ2n) is 3.49. The monoisotopic (exact) mass is 278 g/mol. The lowest BCUT2D eigenvalue weighted by Crippen LogP contribution is -1.99. The van der Waals surface area contributed by atoms with Gasteiger partial charge in [-0.1, -0.05) is 46.3 Å². The molecule has 0 aliphatic heterocycles. The molecule has 16 heavy (non-hydrogen) atoms. The van der Waals surface area contributed by atoms with Crippen molar-refractivity contribution in [3.63, 3.8) is 0 Å². The third-order valence-electron chi connectivity index (χ3n) is 2.28. The van der Waals surface area contributed by atoms with Crippen molar-refractivity contribution in [1.29, 1.82) is 0 Å². The van der Waals surface area contributed by atoms with Gasteiger partial charge in [-0.05, 0) is 5.56 Å². The van der Waals surface area contributed by atoms with Crippen molar-refractivity contribution in [2.24, 2.45) is 0 Å². The van der Waals surface area contributed by atoms with Crippen LogP contribution in [-0.4, -0.2) is 16.1 Å². The highest BCUT2D eigenvalue weighted by atomic mass is 79.9. The van der Waals surface area contributed by atoms with E-state index >= 15 is 0 Å². The summed E-state index contributed by atoms with van der Waals surface area (Å²) >= 11 is 3.26. The number of halogens is 1. The van der Waals surface area contributed by atoms with Crippen LogP contribution in [0.3, 0.4) is 0 Å². The number of aromatic nitrogens is 2. The number of aldehydes is 1. The smallest absolute Gasteiger partial charge is 0.138 e. The molecular formula is C12H11BrN2O. The van der Waals surface area contributed by atoms with E-state index in [2.05, 4.69) is 21.0 Å². The quantitative estimate of drug-likeness (QED) is 0.637. The fourth-order valence-electron chi connectivity index (χ4n) is 1.46. The number of alkyl halides is 1. The summed E-state index contributed by atoms with van der Waals surface area (Å²) in [5.74, 6) is 0. The van der Waals surface area contributed by atoms with E-state index in [4.69, 9.17) is 0 Å². The average molecular weight is 279 g/mol. The minimum Gasteiger partial charge on any atom is -0.302 e. The van der Waals surface area contributed by atoms with Gasteiger partial charge < -0.3 is 4.79 Å². The molecule has 0 fully saturated rings. The van der Waals surface area contributed by atoms with Gasteiger partial charge in [0.05, 0.1) is 17.6 Å². The Labute approximate surface area is 102 Å². The molecule has 0 amide bonds. The molecule has 1 unspecified atom stereocenters. The van der Waals surface area contributed by atoms with E-state index in [0.29, 0.717) is 0 Å². The third-order valence-corrected chi connectivity index (χ3v) is 3.02. The molecule has 1 aromatic carbocycles. The number of carbonyl (C=O) groups is 1. The Hall–Kier alpha value is -1.42. The summed E-state index contributed by atoms with van der Waals surface area (Å²) in [5.41, 5.74) is 2.07. The molecule has 1 aromatic heterocycles. The number of nitrogens with zero attached hydrogens (tertiary/aromatic N) is 2. The summed E-state index contributed by atoms with van der Waals surface area (Å²) in [5, 5.41) is 4.21. The van der Waals surface area contributed by atoms with Gasteiger partial charge in [0.25, 0.3) is 0 Å². The first kappa shape index (κ1) is 11.1. The topological polar surface area (TPSA) is 34.9 Å². The maximum absolute atomic E-state index is 10.6. The van der Waals surface area contributed by atoms with E-state index in [9.17, 15) is 4.79 Å². The largest absolute Gasteiger partial charge is 0.302 e. The molecule has 0 aliphatic carbocycles. The maximum Gasteiger partial charge on any atom is 0.138 e. The first-order chi connectivity index (χ1) is 7.79. The highest BCUT2D eigenvalue weighted by Gasteiger charge is 2.08. The summed E-state index contributed by atoms with van der Waals surface area (Å²) in [6.45, 7) is 0.722. The van der Waals surface area contributed by atoms with Crippen molar-refractivity contribution in [3.05, 3.63) is 53.9 Å². The number of hydrogen-bond donors (Lipinski definition) is 0. The normalized spacial score (nSPS) is 12.3. The molecule has 0 radical (unpaired) electrons. The van der Waals surface area contributed by atoms with Gasteiger partial charge in [0.15, 0.2) is 0 Å². The van der Waals surface area contributed by atoms with Gasteiger partial charge in [0.2, 0.25) is 0 Å². The van der Waals surface area contributed by atoms with E-state index in [1.54, 1.807) is 6.20 Å². The highest BCUT2D eigenvalue weighted by Crippen LogP contribution is 2.19. The Morgan fingerprint density at radius 1 is 1.38 bits per heavy atom. The van der Waals surface area contributed by atoms with Gasteiger partial charge in [-0.15, -0.1) is 0 Å². The van der Waals surface area contributed by atoms with Crippen molar-refractivity contribution in [1.82, 2.24) is 9.78 Å². The van der Waals surface area contributed by atoms with Gasteiger partial charge in [-0.3, -0.25) is 4.68 Å². The molecule has 3 nitrogen and oxygen atoms in total. The van der Waals surface area contributed by atoms with Crippen LogP contribution in [0.2, 0.25) is 0 Å². The fourth-order valence-corrected chi connectivity index (χ4v) is 1.69. The molecule has 4 heteroatoms. The van der Waals surface area contributed by atoms with Crippen LogP contribution in [0.5, 0.6) is 0 Å². The van der Waals surface area contributed by atoms with Gasteiger partial charge >= 0.3 is 0 Å². The van der Waals surface area contributed by atoms with Crippen LogP contribution in [0.15, 0.2) is 42.7 Å². The molecule has 0 N–H and O–H groups in total. The maximum atomic E-state index is 10.6. The van der Waals surface area contributed by atoms with Gasteiger partial charge in [0.1, 0.15) is 6.29 Å². The first-order valence-corrected chi connectivity index (χ1v) is 5.87. The number of hydrogen-bond acceptors (Lipinski definition) is 2. The third kappa shape index (κ3) is 2.58. The SMILES string of the molecule is O=CC(Br)c1cnn(Cc2ccccc2)c1. The minimum atomic E-state index is -0.267. The first-order valence-electron chi connectivity index (χ1n) is 4.95. The van der Waals surface area contributed by atoms with Crippen LogP contribution in [0.4, 0.5) is 0 Å². The average Bonchev–Trinajstić information content (AvgIpc) is 2.78. The molecule has 0 bridgehead atoms. The lowest BCUT2D eigenvalue weighted by molar-refractivity contribution is -0.107. The lowest BCUT2D eigenvalue weighted by atomic mass is 10.2.